The van der Waals surface area contributed by atoms with Crippen molar-refractivity contribution in [1.82, 2.24) is 0 Å². The predicted molar refractivity (Wildman–Crippen MR) is 113 cm³/mol. The predicted octanol–water partition coefficient (Wildman–Crippen LogP) is 6.32. The first-order chi connectivity index (χ1) is 12.6. The van der Waals surface area contributed by atoms with Crippen LogP contribution in [0.4, 0.5) is 0 Å². The number of allylic oxidation sites excluding steroid dienone is 6. The van der Waals surface area contributed by atoms with Crippen molar-refractivity contribution in [2.75, 3.05) is 0 Å². The average molecular weight is 336 g/mol. The van der Waals surface area contributed by atoms with Gasteiger partial charge >= 0.3 is 0 Å². The zero-order valence-corrected chi connectivity index (χ0v) is 15.9. The van der Waals surface area contributed by atoms with Crippen LogP contribution in [0, 0.1) is 23.7 Å². The van der Waals surface area contributed by atoms with E-state index in [9.17, 15) is 0 Å². The summed E-state index contributed by atoms with van der Waals surface area (Å²) in [6.07, 6.45) is 4.13. The van der Waals surface area contributed by atoms with Gasteiger partial charge in [0.2, 0.25) is 0 Å². The summed E-state index contributed by atoms with van der Waals surface area (Å²) < 4.78 is 0. The van der Waals surface area contributed by atoms with Crippen molar-refractivity contribution in [3.63, 3.8) is 0 Å². The van der Waals surface area contributed by atoms with Crippen molar-refractivity contribution in [2.45, 2.75) is 27.7 Å². The SMILES string of the molecule is CC(C)=C(C#Cc1ccccc1)/C=C/C(C#Cc1ccccc1)=C(C)C. The fraction of sp³-hybridized carbons (Fsp3) is 0.154. The molecule has 0 aliphatic heterocycles. The van der Waals surface area contributed by atoms with Gasteiger partial charge in [-0.25, -0.2) is 0 Å². The highest BCUT2D eigenvalue weighted by atomic mass is 14.0. The summed E-state index contributed by atoms with van der Waals surface area (Å²) in [7, 11) is 0. The molecule has 0 N–H and O–H groups in total. The van der Waals surface area contributed by atoms with Gasteiger partial charge in [-0.15, -0.1) is 0 Å². The summed E-state index contributed by atoms with van der Waals surface area (Å²) in [4.78, 5) is 0. The van der Waals surface area contributed by atoms with Gasteiger partial charge in [-0.05, 0) is 64.1 Å². The molecule has 0 saturated carbocycles. The summed E-state index contributed by atoms with van der Waals surface area (Å²) in [6.45, 7) is 8.32. The van der Waals surface area contributed by atoms with Gasteiger partial charge in [-0.3, -0.25) is 0 Å². The van der Waals surface area contributed by atoms with Crippen LogP contribution in [0.3, 0.4) is 0 Å². The monoisotopic (exact) mass is 336 g/mol. The molecule has 2 aromatic rings. The molecule has 0 bridgehead atoms. The summed E-state index contributed by atoms with van der Waals surface area (Å²) in [6, 6.07) is 20.1. The maximum absolute atomic E-state index is 3.28. The zero-order valence-electron chi connectivity index (χ0n) is 15.9. The summed E-state index contributed by atoms with van der Waals surface area (Å²) in [5, 5.41) is 0. The van der Waals surface area contributed by atoms with E-state index < -0.39 is 0 Å². The Morgan fingerprint density at radius 3 is 1.23 bits per heavy atom. The standard InChI is InChI=1S/C26H24/c1-21(2)25(17-15-23-11-7-5-8-12-23)19-20-26(22(3)4)18-16-24-13-9-6-10-14-24/h5-14,19-20H,1-4H3/b20-19+. The molecule has 0 heteroatoms. The third-order valence-corrected chi connectivity index (χ3v) is 3.72. The molecule has 0 nitrogen and oxygen atoms in total. The Labute approximate surface area is 158 Å². The fourth-order valence-electron chi connectivity index (χ4n) is 2.16. The average Bonchev–Trinajstić information content (AvgIpc) is 2.65. The molecule has 2 rings (SSSR count). The molecule has 0 fully saturated rings. The van der Waals surface area contributed by atoms with Gasteiger partial charge in [0.25, 0.3) is 0 Å². The minimum atomic E-state index is 1.02. The van der Waals surface area contributed by atoms with Crippen LogP contribution in [-0.2, 0) is 0 Å². The molecular weight excluding hydrogens is 312 g/mol. The van der Waals surface area contributed by atoms with Crippen LogP contribution >= 0.6 is 0 Å². The number of rotatable bonds is 2. The topological polar surface area (TPSA) is 0 Å². The molecule has 26 heavy (non-hydrogen) atoms. The van der Waals surface area contributed by atoms with Crippen LogP contribution in [0.1, 0.15) is 38.8 Å². The quantitative estimate of drug-likeness (QED) is 0.445. The van der Waals surface area contributed by atoms with Gasteiger partial charge in [0.15, 0.2) is 0 Å². The minimum absolute atomic E-state index is 1.02. The van der Waals surface area contributed by atoms with Crippen LogP contribution in [0.2, 0.25) is 0 Å². The second-order valence-electron chi connectivity index (χ2n) is 6.39. The van der Waals surface area contributed by atoms with Crippen LogP contribution in [0.15, 0.2) is 95.1 Å². The zero-order chi connectivity index (χ0) is 18.8. The Kier molecular flexibility index (Phi) is 7.30. The molecule has 0 unspecified atom stereocenters. The lowest BCUT2D eigenvalue weighted by Crippen LogP contribution is -1.83. The van der Waals surface area contributed by atoms with Gasteiger partial charge in [0, 0.05) is 22.3 Å². The van der Waals surface area contributed by atoms with E-state index >= 15 is 0 Å². The highest BCUT2D eigenvalue weighted by molar-refractivity contribution is 5.52. The Hall–Kier alpha value is -3.22. The van der Waals surface area contributed by atoms with Crippen molar-refractivity contribution in [3.05, 3.63) is 106 Å². The fourth-order valence-corrected chi connectivity index (χ4v) is 2.16. The molecule has 128 valence electrons. The molecule has 0 heterocycles. The Morgan fingerprint density at radius 2 is 0.923 bits per heavy atom. The number of benzene rings is 2. The Balaban J connectivity index is 2.25. The van der Waals surface area contributed by atoms with Crippen molar-refractivity contribution in [2.24, 2.45) is 0 Å². The summed E-state index contributed by atoms with van der Waals surface area (Å²) in [5.74, 6) is 13.0. The molecule has 2 aromatic carbocycles. The van der Waals surface area contributed by atoms with Gasteiger partial charge in [0.1, 0.15) is 0 Å². The Bertz CT molecular complexity index is 855. The van der Waals surface area contributed by atoms with E-state index in [1.54, 1.807) is 0 Å². The van der Waals surface area contributed by atoms with Gasteiger partial charge in [-0.1, -0.05) is 71.2 Å². The first kappa shape index (κ1) is 19.1. The van der Waals surface area contributed by atoms with E-state index in [1.807, 2.05) is 60.7 Å². The summed E-state index contributed by atoms with van der Waals surface area (Å²) in [5.41, 5.74) is 6.46. The van der Waals surface area contributed by atoms with Crippen LogP contribution in [0.25, 0.3) is 0 Å². The first-order valence-corrected chi connectivity index (χ1v) is 8.73. The van der Waals surface area contributed by atoms with Gasteiger partial charge in [0.05, 0.1) is 0 Å². The number of hydrogen-bond acceptors (Lipinski definition) is 0. The third-order valence-electron chi connectivity index (χ3n) is 3.72. The van der Waals surface area contributed by atoms with E-state index in [1.165, 1.54) is 11.1 Å². The van der Waals surface area contributed by atoms with Crippen LogP contribution < -0.4 is 0 Å². The maximum Gasteiger partial charge on any atom is 0.0249 e. The van der Waals surface area contributed by atoms with Crippen molar-refractivity contribution in [3.8, 4) is 23.7 Å². The Morgan fingerprint density at radius 1 is 0.577 bits per heavy atom. The molecule has 0 aromatic heterocycles. The smallest absolute Gasteiger partial charge is 0.0249 e. The lowest BCUT2D eigenvalue weighted by molar-refractivity contribution is 1.34. The minimum Gasteiger partial charge on any atom is -0.0622 e. The molecule has 0 amide bonds. The first-order valence-electron chi connectivity index (χ1n) is 8.73. The second kappa shape index (κ2) is 9.93. The van der Waals surface area contributed by atoms with E-state index in [2.05, 4.69) is 63.5 Å². The summed E-state index contributed by atoms with van der Waals surface area (Å²) >= 11 is 0. The lowest BCUT2D eigenvalue weighted by Gasteiger charge is -1.98. The molecule has 0 aliphatic rings. The highest BCUT2D eigenvalue weighted by Gasteiger charge is 1.94. The van der Waals surface area contributed by atoms with Crippen LogP contribution in [-0.4, -0.2) is 0 Å². The largest absolute Gasteiger partial charge is 0.0622 e. The lowest BCUT2D eigenvalue weighted by atomic mass is 10.1. The van der Waals surface area contributed by atoms with E-state index in [-0.39, 0.29) is 0 Å². The molecule has 0 spiro atoms. The van der Waals surface area contributed by atoms with E-state index in [4.69, 9.17) is 0 Å². The molecular formula is C26H24. The van der Waals surface area contributed by atoms with Crippen molar-refractivity contribution in [1.29, 1.82) is 0 Å². The van der Waals surface area contributed by atoms with Crippen LogP contribution in [0.5, 0.6) is 0 Å². The molecule has 0 radical (unpaired) electrons. The molecule has 0 saturated heterocycles. The molecule has 0 aliphatic carbocycles. The molecule has 0 atom stereocenters. The second-order valence-corrected chi connectivity index (χ2v) is 6.39. The number of hydrogen-bond donors (Lipinski definition) is 0. The van der Waals surface area contributed by atoms with Gasteiger partial charge in [-0.2, -0.15) is 0 Å². The highest BCUT2D eigenvalue weighted by Crippen LogP contribution is 2.10. The van der Waals surface area contributed by atoms with E-state index in [0.29, 0.717) is 0 Å². The van der Waals surface area contributed by atoms with E-state index in [0.717, 1.165) is 22.3 Å². The van der Waals surface area contributed by atoms with Crippen molar-refractivity contribution >= 4 is 0 Å². The van der Waals surface area contributed by atoms with Gasteiger partial charge < -0.3 is 0 Å². The van der Waals surface area contributed by atoms with Crippen molar-refractivity contribution < 1.29 is 0 Å². The normalized spacial score (nSPS) is 9.54. The maximum atomic E-state index is 3.28. The third kappa shape index (κ3) is 6.35.